The van der Waals surface area contributed by atoms with Crippen LogP contribution < -0.4 is 0 Å². The van der Waals surface area contributed by atoms with Crippen molar-refractivity contribution in [1.29, 1.82) is 0 Å². The maximum Gasteiger partial charge on any atom is 0.120 e. The molecule has 1 heterocycles. The highest BCUT2D eigenvalue weighted by Gasteiger charge is 2.16. The second-order valence-electron chi connectivity index (χ2n) is 2.29. The Hall–Kier alpha value is -0.320. The minimum Gasteiger partial charge on any atom is -0.389 e. The molecule has 0 bridgehead atoms. The molecule has 0 amide bonds. The van der Waals surface area contributed by atoms with Crippen molar-refractivity contribution in [1.82, 2.24) is 4.98 Å². The summed E-state index contributed by atoms with van der Waals surface area (Å²) in [4.78, 5) is 2.82. The van der Waals surface area contributed by atoms with E-state index in [1.165, 1.54) is 0 Å². The summed E-state index contributed by atoms with van der Waals surface area (Å²) in [5.74, 6) is 0. The van der Waals surface area contributed by atoms with Crippen molar-refractivity contribution in [3.05, 3.63) is 24.0 Å². The number of halogens is 1. The first kappa shape index (κ1) is 8.77. The van der Waals surface area contributed by atoms with Gasteiger partial charge in [-0.25, -0.2) is 0 Å². The van der Waals surface area contributed by atoms with Crippen LogP contribution in [0.2, 0.25) is 0 Å². The Bertz CT molecular complexity index is 200. The molecule has 0 aliphatic heterocycles. The molecular formula is C7H10BrNO2. The van der Waals surface area contributed by atoms with Crippen molar-refractivity contribution < 1.29 is 10.2 Å². The Morgan fingerprint density at radius 2 is 2.27 bits per heavy atom. The maximum absolute atomic E-state index is 9.37. The highest BCUT2D eigenvalue weighted by Crippen LogP contribution is 2.15. The molecule has 0 saturated heterocycles. The van der Waals surface area contributed by atoms with Crippen molar-refractivity contribution in [3.63, 3.8) is 0 Å². The molecule has 0 fully saturated rings. The summed E-state index contributed by atoms with van der Waals surface area (Å²) in [6, 6.07) is 3.51. The molecular weight excluding hydrogens is 210 g/mol. The predicted molar refractivity (Wildman–Crippen MR) is 45.6 cm³/mol. The molecule has 11 heavy (non-hydrogen) atoms. The van der Waals surface area contributed by atoms with Gasteiger partial charge in [0.15, 0.2) is 0 Å². The van der Waals surface area contributed by atoms with E-state index in [9.17, 15) is 10.2 Å². The van der Waals surface area contributed by atoms with Gasteiger partial charge in [0.05, 0.1) is 6.10 Å². The third-order valence-electron chi connectivity index (χ3n) is 1.46. The van der Waals surface area contributed by atoms with Crippen LogP contribution in [0.15, 0.2) is 18.3 Å². The zero-order chi connectivity index (χ0) is 8.27. The first-order valence-electron chi connectivity index (χ1n) is 3.31. The second kappa shape index (κ2) is 3.90. The molecule has 4 heteroatoms. The fourth-order valence-corrected chi connectivity index (χ4v) is 1.17. The van der Waals surface area contributed by atoms with E-state index in [0.29, 0.717) is 11.0 Å². The van der Waals surface area contributed by atoms with E-state index in [1.807, 2.05) is 0 Å². The third-order valence-corrected chi connectivity index (χ3v) is 2.13. The molecule has 3 nitrogen and oxygen atoms in total. The summed E-state index contributed by atoms with van der Waals surface area (Å²) in [7, 11) is 0. The van der Waals surface area contributed by atoms with Crippen LogP contribution in [0.4, 0.5) is 0 Å². The largest absolute Gasteiger partial charge is 0.389 e. The average Bonchev–Trinajstić information content (AvgIpc) is 2.53. The summed E-state index contributed by atoms with van der Waals surface area (Å²) in [6.07, 6.45) is 0.123. The summed E-state index contributed by atoms with van der Waals surface area (Å²) in [6.45, 7) is 0. The zero-order valence-electron chi connectivity index (χ0n) is 5.87. The first-order valence-corrected chi connectivity index (χ1v) is 4.43. The number of aromatic amines is 1. The molecule has 1 rings (SSSR count). The van der Waals surface area contributed by atoms with E-state index >= 15 is 0 Å². The number of alkyl halides is 1. The van der Waals surface area contributed by atoms with Crippen LogP contribution in [-0.2, 0) is 0 Å². The fourth-order valence-electron chi connectivity index (χ4n) is 0.820. The molecule has 1 aromatic rings. The predicted octanol–water partition coefficient (Wildman–Crippen LogP) is 0.804. The lowest BCUT2D eigenvalue weighted by Crippen LogP contribution is -2.19. The monoisotopic (exact) mass is 219 g/mol. The third kappa shape index (κ3) is 2.05. The molecule has 0 radical (unpaired) electrons. The standard InChI is InChI=1S/C7H10BrNO2/c8-4-6(10)7(11)5-2-1-3-9-5/h1-3,6-7,9-11H,4H2. The van der Waals surface area contributed by atoms with E-state index in [2.05, 4.69) is 20.9 Å². The van der Waals surface area contributed by atoms with Crippen molar-refractivity contribution in [2.45, 2.75) is 12.2 Å². The van der Waals surface area contributed by atoms with E-state index in [4.69, 9.17) is 0 Å². The van der Waals surface area contributed by atoms with Crippen LogP contribution in [0.25, 0.3) is 0 Å². The number of nitrogens with one attached hydrogen (secondary N) is 1. The summed E-state index contributed by atoms with van der Waals surface area (Å²) in [5, 5.41) is 18.9. The van der Waals surface area contributed by atoms with Crippen molar-refractivity contribution in [3.8, 4) is 0 Å². The minimum atomic E-state index is -0.829. The smallest absolute Gasteiger partial charge is 0.120 e. The fraction of sp³-hybridized carbons (Fsp3) is 0.429. The van der Waals surface area contributed by atoms with Gasteiger partial charge >= 0.3 is 0 Å². The van der Waals surface area contributed by atoms with Gasteiger partial charge in [-0.05, 0) is 12.1 Å². The van der Waals surface area contributed by atoms with Gasteiger partial charge in [0.2, 0.25) is 0 Å². The van der Waals surface area contributed by atoms with Crippen LogP contribution in [0.5, 0.6) is 0 Å². The summed E-state index contributed by atoms with van der Waals surface area (Å²) in [5.41, 5.74) is 0.636. The lowest BCUT2D eigenvalue weighted by molar-refractivity contribution is 0.0318. The van der Waals surface area contributed by atoms with Gasteiger partial charge in [-0.2, -0.15) is 0 Å². The minimum absolute atomic E-state index is 0.368. The van der Waals surface area contributed by atoms with E-state index < -0.39 is 12.2 Å². The first-order chi connectivity index (χ1) is 5.25. The Labute approximate surface area is 73.2 Å². The molecule has 0 saturated carbocycles. The Morgan fingerprint density at radius 1 is 1.55 bits per heavy atom. The number of aliphatic hydroxyl groups excluding tert-OH is 2. The molecule has 1 aromatic heterocycles. The van der Waals surface area contributed by atoms with Gasteiger partial charge in [-0.15, -0.1) is 0 Å². The quantitative estimate of drug-likeness (QED) is 0.660. The molecule has 0 aromatic carbocycles. The van der Waals surface area contributed by atoms with E-state index in [1.54, 1.807) is 18.3 Å². The molecule has 2 unspecified atom stereocenters. The Kier molecular flexibility index (Phi) is 3.11. The Morgan fingerprint density at radius 3 is 2.73 bits per heavy atom. The highest BCUT2D eigenvalue weighted by atomic mass is 79.9. The van der Waals surface area contributed by atoms with Crippen molar-refractivity contribution in [2.75, 3.05) is 5.33 Å². The van der Waals surface area contributed by atoms with Crippen molar-refractivity contribution in [2.24, 2.45) is 0 Å². The number of hydrogen-bond acceptors (Lipinski definition) is 2. The van der Waals surface area contributed by atoms with Crippen LogP contribution in [0.1, 0.15) is 11.8 Å². The van der Waals surface area contributed by atoms with Gasteiger partial charge < -0.3 is 15.2 Å². The molecule has 0 aliphatic rings. The highest BCUT2D eigenvalue weighted by molar-refractivity contribution is 9.09. The number of hydrogen-bond donors (Lipinski definition) is 3. The number of rotatable bonds is 3. The van der Waals surface area contributed by atoms with E-state index in [-0.39, 0.29) is 0 Å². The van der Waals surface area contributed by atoms with E-state index in [0.717, 1.165) is 0 Å². The van der Waals surface area contributed by atoms with Crippen molar-refractivity contribution >= 4 is 15.9 Å². The van der Waals surface area contributed by atoms with Gasteiger partial charge in [0, 0.05) is 17.2 Å². The van der Waals surface area contributed by atoms with Gasteiger partial charge in [-0.3, -0.25) is 0 Å². The summed E-state index contributed by atoms with van der Waals surface area (Å²) >= 11 is 3.08. The molecule has 2 atom stereocenters. The summed E-state index contributed by atoms with van der Waals surface area (Å²) < 4.78 is 0. The molecule has 3 N–H and O–H groups in total. The maximum atomic E-state index is 9.37. The lowest BCUT2D eigenvalue weighted by Gasteiger charge is -2.13. The average molecular weight is 220 g/mol. The lowest BCUT2D eigenvalue weighted by atomic mass is 10.2. The SMILES string of the molecule is OC(CBr)C(O)c1ccc[nH]1. The topological polar surface area (TPSA) is 56.2 Å². The normalized spacial score (nSPS) is 16.3. The van der Waals surface area contributed by atoms with Crippen LogP contribution in [0, 0.1) is 0 Å². The number of aromatic nitrogens is 1. The van der Waals surface area contributed by atoms with Crippen LogP contribution >= 0.6 is 15.9 Å². The molecule has 62 valence electrons. The van der Waals surface area contributed by atoms with Gasteiger partial charge in [0.25, 0.3) is 0 Å². The molecule has 0 aliphatic carbocycles. The number of H-pyrrole nitrogens is 1. The van der Waals surface area contributed by atoms with Crippen LogP contribution in [-0.4, -0.2) is 26.6 Å². The van der Waals surface area contributed by atoms with Gasteiger partial charge in [-0.1, -0.05) is 15.9 Å². The number of aliphatic hydroxyl groups is 2. The molecule has 0 spiro atoms. The Balaban J connectivity index is 2.62. The van der Waals surface area contributed by atoms with Crippen LogP contribution in [0.3, 0.4) is 0 Å². The second-order valence-corrected chi connectivity index (χ2v) is 2.94. The van der Waals surface area contributed by atoms with Gasteiger partial charge in [0.1, 0.15) is 6.10 Å². The zero-order valence-corrected chi connectivity index (χ0v) is 7.45.